The van der Waals surface area contributed by atoms with Crippen molar-refractivity contribution in [3.05, 3.63) is 29.6 Å². The summed E-state index contributed by atoms with van der Waals surface area (Å²) in [6.07, 6.45) is 0.979. The van der Waals surface area contributed by atoms with Crippen LogP contribution in [0.4, 0.5) is 4.39 Å². The zero-order valence-electron chi connectivity index (χ0n) is 11.8. The lowest BCUT2D eigenvalue weighted by Gasteiger charge is -2.13. The predicted octanol–water partition coefficient (Wildman–Crippen LogP) is 1.38. The summed E-state index contributed by atoms with van der Waals surface area (Å²) in [6, 6.07) is 4.59. The van der Waals surface area contributed by atoms with Crippen LogP contribution >= 0.6 is 12.4 Å². The third kappa shape index (κ3) is 4.56. The minimum Gasteiger partial charge on any atom is -0.494 e. The molecule has 0 unspecified atom stereocenters. The average Bonchev–Trinajstić information content (AvgIpc) is 2.94. The van der Waals surface area contributed by atoms with Crippen LogP contribution in [-0.2, 0) is 16.1 Å². The number of carbonyl (C=O) groups is 1. The summed E-state index contributed by atoms with van der Waals surface area (Å²) in [6.45, 7) is 0.681. The molecular weight excluding hydrogens is 299 g/mol. The summed E-state index contributed by atoms with van der Waals surface area (Å²) in [7, 11) is 1.41. The van der Waals surface area contributed by atoms with Crippen LogP contribution in [0, 0.1) is 5.82 Å². The maximum Gasteiger partial charge on any atom is 0.249 e. The fraction of sp³-hybridized carbons (Fsp3) is 0.500. The Bertz CT molecular complexity index is 487. The number of nitrogens with two attached hydrogens (primary N) is 1. The first kappa shape index (κ1) is 17.7. The Balaban J connectivity index is 0.00000220. The lowest BCUT2D eigenvalue weighted by atomic mass is 10.1. The van der Waals surface area contributed by atoms with Crippen molar-refractivity contribution in [3.63, 3.8) is 0 Å². The molecule has 1 amide bonds. The second-order valence-electron chi connectivity index (χ2n) is 4.75. The number of rotatable bonds is 5. The van der Waals surface area contributed by atoms with E-state index in [1.165, 1.54) is 19.2 Å². The topological polar surface area (TPSA) is 73.6 Å². The Morgan fingerprint density at radius 1 is 1.52 bits per heavy atom. The molecule has 118 valence electrons. The molecule has 0 bridgehead atoms. The zero-order valence-corrected chi connectivity index (χ0v) is 12.6. The maximum atomic E-state index is 13.5. The molecule has 2 rings (SSSR count). The zero-order chi connectivity index (χ0) is 14.5. The molecule has 0 aromatic heterocycles. The van der Waals surface area contributed by atoms with E-state index in [0.717, 1.165) is 6.42 Å². The van der Waals surface area contributed by atoms with Gasteiger partial charge >= 0.3 is 0 Å². The summed E-state index contributed by atoms with van der Waals surface area (Å²) >= 11 is 0. The fourth-order valence-corrected chi connectivity index (χ4v) is 2.19. The first-order chi connectivity index (χ1) is 9.63. The number of benzene rings is 1. The van der Waals surface area contributed by atoms with Crippen molar-refractivity contribution < 1.29 is 18.7 Å². The van der Waals surface area contributed by atoms with Gasteiger partial charge in [0, 0.05) is 13.1 Å². The number of amides is 1. The molecule has 1 aromatic carbocycles. The van der Waals surface area contributed by atoms with Crippen molar-refractivity contribution in [2.45, 2.75) is 31.6 Å². The fourth-order valence-electron chi connectivity index (χ4n) is 2.19. The summed E-state index contributed by atoms with van der Waals surface area (Å²) in [4.78, 5) is 11.9. The largest absolute Gasteiger partial charge is 0.494 e. The Morgan fingerprint density at radius 3 is 2.86 bits per heavy atom. The third-order valence-corrected chi connectivity index (χ3v) is 3.35. The second-order valence-corrected chi connectivity index (χ2v) is 4.75. The van der Waals surface area contributed by atoms with Crippen molar-refractivity contribution >= 4 is 18.3 Å². The van der Waals surface area contributed by atoms with Gasteiger partial charge in [-0.25, -0.2) is 4.39 Å². The number of hydrogen-bond donors (Lipinski definition) is 2. The highest BCUT2D eigenvalue weighted by atomic mass is 35.5. The molecule has 1 aliphatic rings. The van der Waals surface area contributed by atoms with Crippen LogP contribution < -0.4 is 15.8 Å². The standard InChI is InChI=1S/C14H19FN2O3.ClH/c1-19-12-4-2-9(6-11(12)15)8-17-14(18)13-5-3-10(7-16)20-13;/h2,4,6,10,13H,3,5,7-8,16H2,1H3,(H,17,18);1H/t10-,13+;/m1./s1. The molecule has 5 nitrogen and oxygen atoms in total. The lowest BCUT2D eigenvalue weighted by Crippen LogP contribution is -2.35. The molecule has 1 heterocycles. The Labute approximate surface area is 129 Å². The molecule has 0 radical (unpaired) electrons. The van der Waals surface area contributed by atoms with Crippen LogP contribution in [-0.4, -0.2) is 31.8 Å². The third-order valence-electron chi connectivity index (χ3n) is 3.35. The van der Waals surface area contributed by atoms with Crippen LogP contribution in [0.25, 0.3) is 0 Å². The number of nitrogens with one attached hydrogen (secondary N) is 1. The van der Waals surface area contributed by atoms with Gasteiger partial charge in [0.25, 0.3) is 0 Å². The second kappa shape index (κ2) is 8.17. The van der Waals surface area contributed by atoms with E-state index in [1.54, 1.807) is 6.07 Å². The number of ether oxygens (including phenoxy) is 2. The van der Waals surface area contributed by atoms with E-state index >= 15 is 0 Å². The normalized spacial score (nSPS) is 20.7. The number of methoxy groups -OCH3 is 1. The van der Waals surface area contributed by atoms with E-state index in [9.17, 15) is 9.18 Å². The van der Waals surface area contributed by atoms with Crippen LogP contribution in [0.5, 0.6) is 5.75 Å². The van der Waals surface area contributed by atoms with Crippen LogP contribution in [0.2, 0.25) is 0 Å². The molecule has 7 heteroatoms. The predicted molar refractivity (Wildman–Crippen MR) is 79.0 cm³/mol. The highest BCUT2D eigenvalue weighted by Crippen LogP contribution is 2.20. The van der Waals surface area contributed by atoms with E-state index in [-0.39, 0.29) is 36.7 Å². The number of hydrogen-bond acceptors (Lipinski definition) is 4. The van der Waals surface area contributed by atoms with Gasteiger partial charge in [-0.1, -0.05) is 6.07 Å². The van der Waals surface area contributed by atoms with Crippen molar-refractivity contribution in [2.75, 3.05) is 13.7 Å². The number of halogens is 2. The molecule has 1 saturated heterocycles. The Hall–Kier alpha value is -1.37. The molecule has 1 aromatic rings. The lowest BCUT2D eigenvalue weighted by molar-refractivity contribution is -0.132. The van der Waals surface area contributed by atoms with Gasteiger partial charge in [-0.2, -0.15) is 0 Å². The first-order valence-electron chi connectivity index (χ1n) is 6.59. The molecule has 21 heavy (non-hydrogen) atoms. The van der Waals surface area contributed by atoms with E-state index < -0.39 is 11.9 Å². The first-order valence-corrected chi connectivity index (χ1v) is 6.59. The monoisotopic (exact) mass is 318 g/mol. The van der Waals surface area contributed by atoms with Crippen molar-refractivity contribution in [2.24, 2.45) is 5.73 Å². The quantitative estimate of drug-likeness (QED) is 0.860. The Morgan fingerprint density at radius 2 is 2.29 bits per heavy atom. The molecule has 1 fully saturated rings. The van der Waals surface area contributed by atoms with E-state index in [2.05, 4.69) is 5.32 Å². The molecule has 0 spiro atoms. The average molecular weight is 319 g/mol. The van der Waals surface area contributed by atoms with Crippen molar-refractivity contribution in [3.8, 4) is 5.75 Å². The van der Waals surface area contributed by atoms with E-state index in [1.807, 2.05) is 0 Å². The van der Waals surface area contributed by atoms with Gasteiger partial charge < -0.3 is 20.5 Å². The smallest absolute Gasteiger partial charge is 0.249 e. The van der Waals surface area contributed by atoms with E-state index in [4.69, 9.17) is 15.2 Å². The summed E-state index contributed by atoms with van der Waals surface area (Å²) in [5.74, 6) is -0.443. The van der Waals surface area contributed by atoms with Crippen LogP contribution in [0.1, 0.15) is 18.4 Å². The SMILES string of the molecule is COc1ccc(CNC(=O)[C@@H]2CC[C@H](CN)O2)cc1F.Cl. The van der Waals surface area contributed by atoms with Gasteiger partial charge in [-0.05, 0) is 30.5 Å². The Kier molecular flexibility index (Phi) is 6.87. The highest BCUT2D eigenvalue weighted by molar-refractivity contribution is 5.85. The van der Waals surface area contributed by atoms with Crippen molar-refractivity contribution in [1.82, 2.24) is 5.32 Å². The molecule has 3 N–H and O–H groups in total. The minimum atomic E-state index is -0.452. The van der Waals surface area contributed by atoms with E-state index in [0.29, 0.717) is 18.5 Å². The molecule has 2 atom stereocenters. The summed E-state index contributed by atoms with van der Waals surface area (Å²) in [5, 5.41) is 2.74. The van der Waals surface area contributed by atoms with Crippen LogP contribution in [0.3, 0.4) is 0 Å². The van der Waals surface area contributed by atoms with Gasteiger partial charge in [-0.3, -0.25) is 4.79 Å². The minimum absolute atomic E-state index is 0. The van der Waals surface area contributed by atoms with Gasteiger partial charge in [0.05, 0.1) is 13.2 Å². The van der Waals surface area contributed by atoms with Crippen LogP contribution in [0.15, 0.2) is 18.2 Å². The number of carbonyl (C=O) groups excluding carboxylic acids is 1. The van der Waals surface area contributed by atoms with Gasteiger partial charge in [0.1, 0.15) is 6.10 Å². The molecule has 1 aliphatic heterocycles. The van der Waals surface area contributed by atoms with Crippen molar-refractivity contribution in [1.29, 1.82) is 0 Å². The summed E-state index contributed by atoms with van der Waals surface area (Å²) < 4.78 is 23.8. The molecule has 0 saturated carbocycles. The maximum absolute atomic E-state index is 13.5. The van der Waals surface area contributed by atoms with Gasteiger partial charge in [0.15, 0.2) is 11.6 Å². The molecular formula is C14H20ClFN2O3. The molecule has 0 aliphatic carbocycles. The highest BCUT2D eigenvalue weighted by Gasteiger charge is 2.29. The van der Waals surface area contributed by atoms with Gasteiger partial charge in [0.2, 0.25) is 5.91 Å². The summed E-state index contributed by atoms with van der Waals surface area (Å²) in [5.41, 5.74) is 6.17. The van der Waals surface area contributed by atoms with Gasteiger partial charge in [-0.15, -0.1) is 12.4 Å².